The Morgan fingerprint density at radius 3 is 2.52 bits per heavy atom. The van der Waals surface area contributed by atoms with E-state index in [1.54, 1.807) is 0 Å². The molecule has 0 unspecified atom stereocenters. The SMILES string of the molecule is Fc1ccc(C2(NCc3nnc(-c4ccccc4Br)o3)CCOCC2)cc1. The van der Waals surface area contributed by atoms with Gasteiger partial charge in [-0.2, -0.15) is 0 Å². The first-order chi connectivity index (χ1) is 13.2. The second-order valence-corrected chi connectivity index (χ2v) is 7.39. The molecule has 140 valence electrons. The molecular formula is C20H19BrFN3O2. The zero-order valence-electron chi connectivity index (χ0n) is 14.6. The monoisotopic (exact) mass is 431 g/mol. The van der Waals surface area contributed by atoms with Crippen LogP contribution in [0.15, 0.2) is 57.4 Å². The molecule has 7 heteroatoms. The number of rotatable bonds is 5. The normalized spacial score (nSPS) is 16.4. The lowest BCUT2D eigenvalue weighted by Gasteiger charge is -2.38. The summed E-state index contributed by atoms with van der Waals surface area (Å²) in [5.74, 6) is 0.742. The molecule has 0 aliphatic carbocycles. The molecule has 1 aliphatic heterocycles. The predicted molar refractivity (Wildman–Crippen MR) is 102 cm³/mol. The number of aromatic nitrogens is 2. The summed E-state index contributed by atoms with van der Waals surface area (Å²) >= 11 is 3.50. The molecule has 3 aromatic rings. The largest absolute Gasteiger partial charge is 0.419 e. The van der Waals surface area contributed by atoms with Gasteiger partial charge in [-0.25, -0.2) is 4.39 Å². The molecule has 0 spiro atoms. The fourth-order valence-corrected chi connectivity index (χ4v) is 3.82. The molecule has 27 heavy (non-hydrogen) atoms. The van der Waals surface area contributed by atoms with E-state index < -0.39 is 0 Å². The third kappa shape index (κ3) is 3.95. The smallest absolute Gasteiger partial charge is 0.248 e. The maximum atomic E-state index is 13.3. The number of hydrogen-bond acceptors (Lipinski definition) is 5. The first kappa shape index (κ1) is 18.3. The van der Waals surface area contributed by atoms with Crippen LogP contribution < -0.4 is 5.32 Å². The molecule has 1 N–H and O–H groups in total. The Balaban J connectivity index is 1.53. The minimum Gasteiger partial charge on any atom is -0.419 e. The van der Waals surface area contributed by atoms with Gasteiger partial charge in [-0.05, 0) is 58.6 Å². The van der Waals surface area contributed by atoms with E-state index >= 15 is 0 Å². The van der Waals surface area contributed by atoms with E-state index in [9.17, 15) is 4.39 Å². The van der Waals surface area contributed by atoms with Gasteiger partial charge in [-0.3, -0.25) is 5.32 Å². The molecule has 0 atom stereocenters. The molecule has 1 saturated heterocycles. The molecule has 1 aliphatic rings. The van der Waals surface area contributed by atoms with E-state index in [0.717, 1.165) is 28.4 Å². The fourth-order valence-electron chi connectivity index (χ4n) is 3.37. The van der Waals surface area contributed by atoms with Crippen LogP contribution in [-0.4, -0.2) is 23.4 Å². The minimum absolute atomic E-state index is 0.240. The molecule has 1 fully saturated rings. The number of halogens is 2. The molecule has 5 nitrogen and oxygen atoms in total. The number of nitrogens with one attached hydrogen (secondary N) is 1. The van der Waals surface area contributed by atoms with Gasteiger partial charge >= 0.3 is 0 Å². The summed E-state index contributed by atoms with van der Waals surface area (Å²) in [5, 5.41) is 11.9. The van der Waals surface area contributed by atoms with Gasteiger partial charge in [-0.15, -0.1) is 10.2 Å². The van der Waals surface area contributed by atoms with Crippen molar-refractivity contribution >= 4 is 15.9 Å². The zero-order chi connectivity index (χ0) is 18.7. The van der Waals surface area contributed by atoms with Crippen LogP contribution in [0.1, 0.15) is 24.3 Å². The molecule has 0 amide bonds. The van der Waals surface area contributed by atoms with Gasteiger partial charge in [0.25, 0.3) is 0 Å². The molecule has 0 saturated carbocycles. The first-order valence-electron chi connectivity index (χ1n) is 8.82. The number of nitrogens with zero attached hydrogens (tertiary/aromatic N) is 2. The van der Waals surface area contributed by atoms with Gasteiger partial charge < -0.3 is 9.15 Å². The Hall–Kier alpha value is -2.09. The highest BCUT2D eigenvalue weighted by Crippen LogP contribution is 2.33. The summed E-state index contributed by atoms with van der Waals surface area (Å²) < 4.78 is 25.6. The fraction of sp³-hybridized carbons (Fsp3) is 0.300. The second kappa shape index (κ2) is 7.88. The highest BCUT2D eigenvalue weighted by Gasteiger charge is 2.34. The topological polar surface area (TPSA) is 60.2 Å². The van der Waals surface area contributed by atoms with Crippen molar-refractivity contribution in [3.63, 3.8) is 0 Å². The van der Waals surface area contributed by atoms with E-state index in [2.05, 4.69) is 31.4 Å². The molecule has 0 bridgehead atoms. The summed E-state index contributed by atoms with van der Waals surface area (Å²) in [6, 6.07) is 14.4. The van der Waals surface area contributed by atoms with Crippen LogP contribution in [0, 0.1) is 5.82 Å². The van der Waals surface area contributed by atoms with Crippen molar-refractivity contribution in [3.8, 4) is 11.5 Å². The van der Waals surface area contributed by atoms with Crippen LogP contribution in [0.2, 0.25) is 0 Å². The number of ether oxygens (including phenoxy) is 1. The highest BCUT2D eigenvalue weighted by atomic mass is 79.9. The van der Waals surface area contributed by atoms with Crippen molar-refractivity contribution in [3.05, 3.63) is 70.3 Å². The molecular weight excluding hydrogens is 413 g/mol. The lowest BCUT2D eigenvalue weighted by atomic mass is 9.82. The summed E-state index contributed by atoms with van der Waals surface area (Å²) in [7, 11) is 0. The van der Waals surface area contributed by atoms with E-state index in [0.29, 0.717) is 31.5 Å². The molecule has 0 radical (unpaired) electrons. The summed E-state index contributed by atoms with van der Waals surface area (Å²) in [5.41, 5.74) is 1.60. The summed E-state index contributed by atoms with van der Waals surface area (Å²) in [6.45, 7) is 1.72. The van der Waals surface area contributed by atoms with Crippen molar-refractivity contribution in [1.82, 2.24) is 15.5 Å². The second-order valence-electron chi connectivity index (χ2n) is 6.54. The van der Waals surface area contributed by atoms with Gasteiger partial charge in [0.1, 0.15) is 5.82 Å². The lowest BCUT2D eigenvalue weighted by Crippen LogP contribution is -2.46. The average Bonchev–Trinajstić information content (AvgIpc) is 3.17. The minimum atomic E-state index is -0.298. The van der Waals surface area contributed by atoms with Crippen molar-refractivity contribution in [2.45, 2.75) is 24.9 Å². The number of hydrogen-bond donors (Lipinski definition) is 1. The van der Waals surface area contributed by atoms with Crippen molar-refractivity contribution in [1.29, 1.82) is 0 Å². The molecule has 1 aromatic heterocycles. The van der Waals surface area contributed by atoms with Gasteiger partial charge in [-0.1, -0.05) is 24.3 Å². The third-order valence-electron chi connectivity index (χ3n) is 4.89. The maximum Gasteiger partial charge on any atom is 0.248 e. The Kier molecular flexibility index (Phi) is 5.33. The van der Waals surface area contributed by atoms with Gasteiger partial charge in [0, 0.05) is 23.2 Å². The van der Waals surface area contributed by atoms with E-state index in [4.69, 9.17) is 9.15 Å². The molecule has 4 rings (SSSR count). The lowest BCUT2D eigenvalue weighted by molar-refractivity contribution is 0.0348. The van der Waals surface area contributed by atoms with Crippen molar-refractivity contribution in [2.24, 2.45) is 0 Å². The molecule has 2 heterocycles. The van der Waals surface area contributed by atoms with E-state index in [1.165, 1.54) is 12.1 Å². The quantitative estimate of drug-likeness (QED) is 0.647. The summed E-state index contributed by atoms with van der Waals surface area (Å²) in [4.78, 5) is 0. The third-order valence-corrected chi connectivity index (χ3v) is 5.58. The maximum absolute atomic E-state index is 13.3. The van der Waals surface area contributed by atoms with Gasteiger partial charge in [0.05, 0.1) is 12.1 Å². The van der Waals surface area contributed by atoms with Gasteiger partial charge in [0.2, 0.25) is 11.8 Å². The van der Waals surface area contributed by atoms with Crippen molar-refractivity contribution in [2.75, 3.05) is 13.2 Å². The van der Waals surface area contributed by atoms with E-state index in [1.807, 2.05) is 36.4 Å². The predicted octanol–water partition coefficient (Wildman–Crippen LogP) is 4.43. The highest BCUT2D eigenvalue weighted by molar-refractivity contribution is 9.10. The number of benzene rings is 2. The average molecular weight is 432 g/mol. The molecule has 2 aromatic carbocycles. The Labute approximate surface area is 165 Å². The van der Waals surface area contributed by atoms with Crippen LogP contribution >= 0.6 is 15.9 Å². The Morgan fingerprint density at radius 2 is 1.78 bits per heavy atom. The van der Waals surface area contributed by atoms with Crippen LogP contribution in [-0.2, 0) is 16.8 Å². The first-order valence-corrected chi connectivity index (χ1v) is 9.62. The van der Waals surface area contributed by atoms with Gasteiger partial charge in [0.15, 0.2) is 0 Å². The standard InChI is InChI=1S/C20H19BrFN3O2/c21-17-4-2-1-3-16(17)19-25-24-18(27-19)13-23-20(9-11-26-12-10-20)14-5-7-15(22)8-6-14/h1-8,23H,9-13H2. The van der Waals surface area contributed by atoms with E-state index in [-0.39, 0.29) is 11.4 Å². The van der Waals surface area contributed by atoms with Crippen molar-refractivity contribution < 1.29 is 13.5 Å². The summed E-state index contributed by atoms with van der Waals surface area (Å²) in [6.07, 6.45) is 1.59. The zero-order valence-corrected chi connectivity index (χ0v) is 16.2. The van der Waals surface area contributed by atoms with Crippen LogP contribution in [0.4, 0.5) is 4.39 Å². The van der Waals surface area contributed by atoms with Crippen LogP contribution in [0.25, 0.3) is 11.5 Å². The Bertz CT molecular complexity index is 908. The van der Waals surface area contributed by atoms with Crippen LogP contribution in [0.3, 0.4) is 0 Å². The Morgan fingerprint density at radius 1 is 1.04 bits per heavy atom. The van der Waals surface area contributed by atoms with Crippen LogP contribution in [0.5, 0.6) is 0 Å².